The first-order chi connectivity index (χ1) is 18.9. The molecule has 2 aliphatic rings. The summed E-state index contributed by atoms with van der Waals surface area (Å²) in [6.07, 6.45) is 1.06. The lowest BCUT2D eigenvalue weighted by atomic mass is 10.00. The van der Waals surface area contributed by atoms with Crippen molar-refractivity contribution in [2.45, 2.75) is 25.6 Å². The maximum Gasteiger partial charge on any atom is 0.261 e. The van der Waals surface area contributed by atoms with E-state index in [4.69, 9.17) is 14.5 Å². The summed E-state index contributed by atoms with van der Waals surface area (Å²) >= 11 is 3.51. The van der Waals surface area contributed by atoms with Crippen molar-refractivity contribution in [2.24, 2.45) is 0 Å². The first-order valence-electron chi connectivity index (χ1n) is 12.9. The number of nitrogens with one attached hydrogen (secondary N) is 3. The molecule has 204 valence electrons. The maximum atomic E-state index is 13.2. The lowest BCUT2D eigenvalue weighted by Gasteiger charge is -2.33. The van der Waals surface area contributed by atoms with Gasteiger partial charge in [-0.25, -0.2) is 9.37 Å². The minimum Gasteiger partial charge on any atom is -0.492 e. The Kier molecular flexibility index (Phi) is 7.05. The van der Waals surface area contributed by atoms with Crippen molar-refractivity contribution in [3.63, 3.8) is 0 Å². The van der Waals surface area contributed by atoms with Gasteiger partial charge in [-0.2, -0.15) is 0 Å². The number of halogens is 2. The number of H-pyrrole nitrogens is 2. The highest BCUT2D eigenvalue weighted by Gasteiger charge is 2.25. The number of rotatable bonds is 7. The number of benzene rings is 2. The van der Waals surface area contributed by atoms with Gasteiger partial charge in [0.05, 0.1) is 40.5 Å². The maximum absolute atomic E-state index is 13.2. The number of alkyl halides is 1. The van der Waals surface area contributed by atoms with Crippen LogP contribution in [0.2, 0.25) is 0 Å². The van der Waals surface area contributed by atoms with Gasteiger partial charge in [0.2, 0.25) is 0 Å². The van der Waals surface area contributed by atoms with Gasteiger partial charge in [-0.3, -0.25) is 4.79 Å². The zero-order chi connectivity index (χ0) is 27.1. The largest absolute Gasteiger partial charge is 0.492 e. The zero-order valence-corrected chi connectivity index (χ0v) is 23.0. The fourth-order valence-electron chi connectivity index (χ4n) is 5.39. The van der Waals surface area contributed by atoms with Crippen molar-refractivity contribution in [2.75, 3.05) is 49.7 Å². The van der Waals surface area contributed by atoms with E-state index in [1.807, 2.05) is 31.2 Å². The Morgan fingerprint density at radius 1 is 1.31 bits per heavy atom. The average molecular weight is 598 g/mol. The predicted octanol–water partition coefficient (Wildman–Crippen LogP) is 4.24. The number of ether oxygens (including phenoxy) is 2. The molecule has 11 heteroatoms. The first kappa shape index (κ1) is 25.8. The van der Waals surface area contributed by atoms with E-state index in [9.17, 15) is 14.3 Å². The molecule has 4 heterocycles. The summed E-state index contributed by atoms with van der Waals surface area (Å²) in [7, 11) is 0. The zero-order valence-electron chi connectivity index (χ0n) is 21.4. The van der Waals surface area contributed by atoms with Crippen molar-refractivity contribution in [1.82, 2.24) is 15.0 Å². The molecule has 6 rings (SSSR count). The molecule has 4 N–H and O–H groups in total. The molecule has 2 aromatic heterocycles. The van der Waals surface area contributed by atoms with Crippen LogP contribution in [0.1, 0.15) is 22.8 Å². The molecule has 0 unspecified atom stereocenters. The minimum atomic E-state index is -0.803. The molecule has 0 aliphatic carbocycles. The number of pyridine rings is 1. The molecule has 2 atom stereocenters. The average Bonchev–Trinajstić information content (AvgIpc) is 3.60. The molecule has 4 aromatic rings. The van der Waals surface area contributed by atoms with E-state index in [-0.39, 0.29) is 12.1 Å². The van der Waals surface area contributed by atoms with Crippen LogP contribution in [0.4, 0.5) is 15.8 Å². The van der Waals surface area contributed by atoms with Crippen LogP contribution >= 0.6 is 15.9 Å². The molecular formula is C28H29BrFN5O4. The van der Waals surface area contributed by atoms with Crippen molar-refractivity contribution >= 4 is 38.3 Å². The lowest BCUT2D eigenvalue weighted by Crippen LogP contribution is -2.43. The van der Waals surface area contributed by atoms with E-state index >= 15 is 0 Å². The number of aromatic amines is 2. The summed E-state index contributed by atoms with van der Waals surface area (Å²) < 4.78 is 25.3. The van der Waals surface area contributed by atoms with E-state index in [1.165, 1.54) is 0 Å². The molecule has 0 amide bonds. The third kappa shape index (κ3) is 4.90. The van der Waals surface area contributed by atoms with E-state index in [0.29, 0.717) is 43.4 Å². The summed E-state index contributed by atoms with van der Waals surface area (Å²) in [4.78, 5) is 25.9. The molecule has 2 aliphatic heterocycles. The number of hydrogen-bond acceptors (Lipinski definition) is 7. The molecule has 0 spiro atoms. The predicted molar refractivity (Wildman–Crippen MR) is 152 cm³/mol. The van der Waals surface area contributed by atoms with Gasteiger partial charge in [-0.05, 0) is 58.2 Å². The summed E-state index contributed by atoms with van der Waals surface area (Å²) in [5.74, 6) is 1.20. The van der Waals surface area contributed by atoms with Crippen LogP contribution in [0.5, 0.6) is 5.75 Å². The Hall–Kier alpha value is -3.41. The number of aromatic nitrogens is 3. The van der Waals surface area contributed by atoms with Crippen LogP contribution < -0.4 is 20.5 Å². The van der Waals surface area contributed by atoms with Gasteiger partial charge in [0.15, 0.2) is 0 Å². The molecule has 0 radical (unpaired) electrons. The second-order valence-electron chi connectivity index (χ2n) is 9.87. The van der Waals surface area contributed by atoms with Crippen LogP contribution in [-0.4, -0.2) is 65.7 Å². The summed E-state index contributed by atoms with van der Waals surface area (Å²) in [5, 5.41) is 14.3. The highest BCUT2D eigenvalue weighted by molar-refractivity contribution is 9.10. The van der Waals surface area contributed by atoms with Crippen LogP contribution in [-0.2, 0) is 11.2 Å². The van der Waals surface area contributed by atoms with Crippen molar-refractivity contribution in [1.29, 1.82) is 0 Å². The molecular weight excluding hydrogens is 569 g/mol. The van der Waals surface area contributed by atoms with Gasteiger partial charge in [0.25, 0.3) is 5.56 Å². The third-order valence-electron chi connectivity index (χ3n) is 7.33. The Labute approximate surface area is 232 Å². The minimum absolute atomic E-state index is 0.195. The molecule has 1 fully saturated rings. The number of hydrogen-bond donors (Lipinski definition) is 4. The second-order valence-corrected chi connectivity index (χ2v) is 10.7. The van der Waals surface area contributed by atoms with Crippen LogP contribution in [0.15, 0.2) is 45.8 Å². The first-order valence-corrected chi connectivity index (χ1v) is 13.7. The van der Waals surface area contributed by atoms with Crippen molar-refractivity contribution < 1.29 is 19.0 Å². The fourth-order valence-corrected chi connectivity index (χ4v) is 5.88. The van der Waals surface area contributed by atoms with Crippen LogP contribution in [0.3, 0.4) is 0 Å². The van der Waals surface area contributed by atoms with Gasteiger partial charge in [0.1, 0.15) is 29.9 Å². The number of imidazole rings is 1. The second kappa shape index (κ2) is 10.6. The molecule has 9 nitrogen and oxygen atoms in total. The van der Waals surface area contributed by atoms with E-state index in [2.05, 4.69) is 36.1 Å². The number of anilines is 2. The fraction of sp³-hybridized carbons (Fsp3) is 0.357. The van der Waals surface area contributed by atoms with Gasteiger partial charge in [-0.15, -0.1) is 0 Å². The van der Waals surface area contributed by atoms with Gasteiger partial charge >= 0.3 is 0 Å². The Morgan fingerprint density at radius 2 is 2.18 bits per heavy atom. The molecule has 0 saturated carbocycles. The van der Waals surface area contributed by atoms with E-state index < -0.39 is 18.9 Å². The third-order valence-corrected chi connectivity index (χ3v) is 7.95. The van der Waals surface area contributed by atoms with Crippen LogP contribution in [0.25, 0.3) is 22.4 Å². The number of aliphatic hydroxyl groups is 1. The molecule has 39 heavy (non-hydrogen) atoms. The molecule has 0 bridgehead atoms. The standard InChI is InChI=1S/C28H29BrFN5O4/c1-15-10-16(35-7-9-38-17(12-30)14-35)11-22-25(15)34-27(33-22)24-21(4-6-31-28(24)37)32-13-23(36)18-2-3-20(29)26-19(18)5-8-39-26/h2-4,6,10-11,17,23,36H,5,7-9,12-14H2,1H3,(H,33,34)(H2,31,32,37)/t17-,23-/m0/s1. The summed E-state index contributed by atoms with van der Waals surface area (Å²) in [6.45, 7) is 3.84. The monoisotopic (exact) mass is 597 g/mol. The van der Waals surface area contributed by atoms with Gasteiger partial charge in [0, 0.05) is 43.5 Å². The van der Waals surface area contributed by atoms with E-state index in [1.54, 1.807) is 12.3 Å². The van der Waals surface area contributed by atoms with Crippen molar-refractivity contribution in [3.05, 3.63) is 68.0 Å². The number of nitrogens with zero attached hydrogens (tertiary/aromatic N) is 2. The van der Waals surface area contributed by atoms with Gasteiger partial charge < -0.3 is 34.8 Å². The lowest BCUT2D eigenvalue weighted by molar-refractivity contribution is 0.0247. The highest BCUT2D eigenvalue weighted by atomic mass is 79.9. The SMILES string of the molecule is Cc1cc(N2CCO[C@@H](CF)C2)cc2[nH]c(-c3c(NC[C@H](O)c4ccc(Br)c5c4CCO5)cc[nH]c3=O)nc12. The topological polar surface area (TPSA) is 115 Å². The van der Waals surface area contributed by atoms with Crippen molar-refractivity contribution in [3.8, 4) is 17.1 Å². The van der Waals surface area contributed by atoms with Gasteiger partial charge in [-0.1, -0.05) is 6.07 Å². The number of morpholine rings is 1. The summed E-state index contributed by atoms with van der Waals surface area (Å²) in [6, 6.07) is 9.53. The molecule has 1 saturated heterocycles. The Bertz CT molecular complexity index is 1590. The summed E-state index contributed by atoms with van der Waals surface area (Å²) in [5.41, 5.74) is 5.83. The number of aliphatic hydroxyl groups excluding tert-OH is 1. The molecule has 2 aromatic carbocycles. The highest BCUT2D eigenvalue weighted by Crippen LogP contribution is 2.38. The Balaban J connectivity index is 1.29. The smallest absolute Gasteiger partial charge is 0.261 e. The van der Waals surface area contributed by atoms with E-state index in [0.717, 1.165) is 50.1 Å². The Morgan fingerprint density at radius 3 is 3.03 bits per heavy atom. The number of fused-ring (bicyclic) bond motifs is 2. The quantitative estimate of drug-likeness (QED) is 0.252. The van der Waals surface area contributed by atoms with Crippen LogP contribution in [0, 0.1) is 6.92 Å². The normalized spacial score (nSPS) is 17.7. The number of aryl methyl sites for hydroxylation is 1.